The van der Waals surface area contributed by atoms with E-state index in [1.54, 1.807) is 26.4 Å². The lowest BCUT2D eigenvalue weighted by atomic mass is 10.1. The van der Waals surface area contributed by atoms with Crippen molar-refractivity contribution in [3.05, 3.63) is 54.5 Å². The number of aryl methyl sites for hydroxylation is 1. The number of fused-ring (bicyclic) bond motifs is 1. The van der Waals surface area contributed by atoms with Gasteiger partial charge in [0.2, 0.25) is 0 Å². The zero-order valence-electron chi connectivity index (χ0n) is 21.6. The maximum Gasteiger partial charge on any atom is 0.410 e. The van der Waals surface area contributed by atoms with Gasteiger partial charge in [-0.25, -0.2) is 19.1 Å². The molecule has 12 heteroatoms. The number of likely N-dealkylation sites (tertiary alicyclic amines) is 1. The largest absolute Gasteiger partial charge is 0.487 e. The Balaban J connectivity index is 1.29. The number of nitrogens with one attached hydrogen (secondary N) is 1. The fraction of sp³-hybridized carbons (Fsp3) is 0.346. The Morgan fingerprint density at radius 1 is 1.16 bits per heavy atom. The zero-order chi connectivity index (χ0) is 27.0. The minimum atomic E-state index is -1.03. The third kappa shape index (κ3) is 5.24. The quantitative estimate of drug-likeness (QED) is 0.372. The summed E-state index contributed by atoms with van der Waals surface area (Å²) in [6.07, 6.45) is 5.32. The van der Waals surface area contributed by atoms with E-state index in [4.69, 9.17) is 14.6 Å². The number of aromatic carboxylic acids is 1. The van der Waals surface area contributed by atoms with Gasteiger partial charge in [-0.05, 0) is 51.5 Å². The summed E-state index contributed by atoms with van der Waals surface area (Å²) in [7, 11) is 1.85. The third-order valence-corrected chi connectivity index (χ3v) is 6.11. The topological polar surface area (TPSA) is 136 Å². The van der Waals surface area contributed by atoms with Gasteiger partial charge in [-0.1, -0.05) is 0 Å². The molecule has 0 aliphatic carbocycles. The maximum absolute atomic E-state index is 12.4. The first kappa shape index (κ1) is 25.1. The smallest absolute Gasteiger partial charge is 0.410 e. The molecule has 5 heterocycles. The van der Waals surface area contributed by atoms with Crippen molar-refractivity contribution in [3.8, 4) is 17.0 Å². The summed E-state index contributed by atoms with van der Waals surface area (Å²) in [6.45, 7) is 6.54. The minimum Gasteiger partial charge on any atom is -0.487 e. The molecular formula is C26H29N7O5. The summed E-state index contributed by atoms with van der Waals surface area (Å²) in [5.41, 5.74) is 2.09. The van der Waals surface area contributed by atoms with Crippen LogP contribution in [0.3, 0.4) is 0 Å². The van der Waals surface area contributed by atoms with Crippen molar-refractivity contribution in [2.75, 3.05) is 18.5 Å². The molecule has 12 nitrogen and oxygen atoms in total. The van der Waals surface area contributed by atoms with E-state index < -0.39 is 11.6 Å². The number of hydrogen-bond donors (Lipinski definition) is 2. The van der Waals surface area contributed by atoms with Crippen LogP contribution in [0.5, 0.6) is 5.75 Å². The Bertz CT molecular complexity index is 1490. The Hall–Kier alpha value is -4.61. The fourth-order valence-corrected chi connectivity index (χ4v) is 4.14. The van der Waals surface area contributed by atoms with Crippen LogP contribution < -0.4 is 10.1 Å². The molecule has 1 aliphatic heterocycles. The summed E-state index contributed by atoms with van der Waals surface area (Å²) in [4.78, 5) is 29.3. The summed E-state index contributed by atoms with van der Waals surface area (Å²) in [5, 5.41) is 21.0. The summed E-state index contributed by atoms with van der Waals surface area (Å²) in [5.74, 6) is 0.633. The first-order valence-corrected chi connectivity index (χ1v) is 12.2. The molecule has 0 radical (unpaired) electrons. The van der Waals surface area contributed by atoms with E-state index in [2.05, 4.69) is 20.5 Å². The average molecular weight is 520 g/mol. The number of carbonyl (C=O) groups excluding carboxylic acids is 1. The lowest BCUT2D eigenvalue weighted by molar-refractivity contribution is -0.0141. The highest BCUT2D eigenvalue weighted by molar-refractivity contribution is 5.87. The Morgan fingerprint density at radius 2 is 1.97 bits per heavy atom. The molecule has 5 rings (SSSR count). The molecule has 0 bridgehead atoms. The van der Waals surface area contributed by atoms with Crippen molar-refractivity contribution in [1.82, 2.24) is 29.3 Å². The second-order valence-corrected chi connectivity index (χ2v) is 10.1. The highest BCUT2D eigenvalue weighted by atomic mass is 16.6. The van der Waals surface area contributed by atoms with Crippen LogP contribution in [0.4, 0.5) is 16.4 Å². The first-order valence-electron chi connectivity index (χ1n) is 12.2. The molecule has 1 atom stereocenters. The minimum absolute atomic E-state index is 0.0537. The lowest BCUT2D eigenvalue weighted by Crippen LogP contribution is -2.55. The maximum atomic E-state index is 12.4. The highest BCUT2D eigenvalue weighted by Crippen LogP contribution is 2.32. The van der Waals surface area contributed by atoms with Gasteiger partial charge in [-0.15, -0.1) is 0 Å². The molecule has 1 saturated heterocycles. The number of nitrogens with zero attached hydrogens (tertiary/aromatic N) is 6. The number of amides is 1. The molecule has 4 aromatic rings. The van der Waals surface area contributed by atoms with Crippen LogP contribution in [0.1, 0.15) is 37.6 Å². The van der Waals surface area contributed by atoms with Gasteiger partial charge in [-0.3, -0.25) is 4.68 Å². The van der Waals surface area contributed by atoms with E-state index >= 15 is 0 Å². The van der Waals surface area contributed by atoms with Gasteiger partial charge in [0.1, 0.15) is 23.7 Å². The number of carboxylic acid groups (broad SMARTS) is 1. The van der Waals surface area contributed by atoms with Gasteiger partial charge in [0, 0.05) is 37.6 Å². The first-order chi connectivity index (χ1) is 18.1. The second kappa shape index (κ2) is 9.69. The fourth-order valence-electron chi connectivity index (χ4n) is 4.14. The van der Waals surface area contributed by atoms with Gasteiger partial charge in [0.15, 0.2) is 11.6 Å². The molecule has 0 aromatic carbocycles. The van der Waals surface area contributed by atoms with Crippen molar-refractivity contribution in [2.24, 2.45) is 7.05 Å². The van der Waals surface area contributed by atoms with E-state index in [-0.39, 0.29) is 17.7 Å². The molecule has 1 fully saturated rings. The summed E-state index contributed by atoms with van der Waals surface area (Å²) >= 11 is 0. The Morgan fingerprint density at radius 3 is 2.63 bits per heavy atom. The summed E-state index contributed by atoms with van der Waals surface area (Å²) in [6, 6.07) is 8.77. The highest BCUT2D eigenvalue weighted by Gasteiger charge is 2.36. The standard InChI is InChI=1S/C26H29N7O5/c1-26(2,3)38-25(36)32-9-8-18(32)15-37-20-14-28-31(4)23(20)16-7-10-33-19(11-16)12-22(30-33)29-21-6-5-17(13-27-21)24(34)35/h5-7,10-14,18H,8-9,15H2,1-4H3,(H,34,35)(H,27,29,30)/t18-/m1/s1. The zero-order valence-corrected chi connectivity index (χ0v) is 21.6. The van der Waals surface area contributed by atoms with E-state index in [1.807, 2.05) is 52.2 Å². The number of carboxylic acids is 1. The molecule has 0 saturated carbocycles. The number of ether oxygens (including phenoxy) is 2. The van der Waals surface area contributed by atoms with Crippen molar-refractivity contribution < 1.29 is 24.2 Å². The number of aromatic nitrogens is 5. The van der Waals surface area contributed by atoms with E-state index in [1.165, 1.54) is 12.3 Å². The van der Waals surface area contributed by atoms with Gasteiger partial charge in [-0.2, -0.15) is 10.2 Å². The normalized spacial score (nSPS) is 15.3. The van der Waals surface area contributed by atoms with Crippen LogP contribution in [0.25, 0.3) is 16.8 Å². The predicted octanol–water partition coefficient (Wildman–Crippen LogP) is 3.96. The van der Waals surface area contributed by atoms with E-state index in [0.29, 0.717) is 30.5 Å². The molecule has 38 heavy (non-hydrogen) atoms. The second-order valence-electron chi connectivity index (χ2n) is 10.1. The predicted molar refractivity (Wildman–Crippen MR) is 139 cm³/mol. The van der Waals surface area contributed by atoms with Crippen molar-refractivity contribution in [3.63, 3.8) is 0 Å². The van der Waals surface area contributed by atoms with E-state index in [0.717, 1.165) is 23.2 Å². The number of carbonyl (C=O) groups is 2. The van der Waals surface area contributed by atoms with Crippen LogP contribution in [-0.2, 0) is 11.8 Å². The van der Waals surface area contributed by atoms with Gasteiger partial charge >= 0.3 is 12.1 Å². The Labute approximate surface area is 218 Å². The number of rotatable bonds is 7. The van der Waals surface area contributed by atoms with E-state index in [9.17, 15) is 9.59 Å². The van der Waals surface area contributed by atoms with Gasteiger partial charge in [0.25, 0.3) is 0 Å². The molecule has 2 N–H and O–H groups in total. The van der Waals surface area contributed by atoms with Crippen molar-refractivity contribution in [2.45, 2.75) is 38.8 Å². The molecule has 1 aliphatic rings. The van der Waals surface area contributed by atoms with Crippen LogP contribution in [0.2, 0.25) is 0 Å². The van der Waals surface area contributed by atoms with Crippen LogP contribution in [0.15, 0.2) is 48.9 Å². The van der Waals surface area contributed by atoms with Crippen LogP contribution >= 0.6 is 0 Å². The van der Waals surface area contributed by atoms with Gasteiger partial charge in [0.05, 0.1) is 23.3 Å². The van der Waals surface area contributed by atoms with Crippen molar-refractivity contribution in [1.29, 1.82) is 0 Å². The summed E-state index contributed by atoms with van der Waals surface area (Å²) < 4.78 is 15.1. The van der Waals surface area contributed by atoms with Crippen LogP contribution in [-0.4, -0.2) is 71.2 Å². The van der Waals surface area contributed by atoms with Gasteiger partial charge < -0.3 is 24.8 Å². The lowest BCUT2D eigenvalue weighted by Gasteiger charge is -2.40. The number of pyridine rings is 2. The van der Waals surface area contributed by atoms with Crippen molar-refractivity contribution >= 4 is 29.2 Å². The third-order valence-electron chi connectivity index (χ3n) is 6.11. The molecule has 0 unspecified atom stereocenters. The molecule has 198 valence electrons. The average Bonchev–Trinajstić information content (AvgIpc) is 3.39. The SMILES string of the molecule is Cn1ncc(OC[C@H]2CCN2C(=O)OC(C)(C)C)c1-c1ccn2nc(Nc3ccc(C(=O)O)cn3)cc2c1. The molecule has 1 amide bonds. The molecule has 4 aromatic heterocycles. The van der Waals surface area contributed by atoms with Crippen LogP contribution in [0, 0.1) is 0 Å². The molecule has 0 spiro atoms. The Kier molecular flexibility index (Phi) is 6.39. The number of hydrogen-bond acceptors (Lipinski definition) is 8. The number of anilines is 2. The monoisotopic (exact) mass is 519 g/mol. The molecular weight excluding hydrogens is 490 g/mol.